The Kier molecular flexibility index (Phi) is 7.94. The van der Waals surface area contributed by atoms with E-state index in [4.69, 9.17) is 0 Å². The van der Waals surface area contributed by atoms with Crippen LogP contribution in [0.2, 0.25) is 0 Å². The Morgan fingerprint density at radius 2 is 1.71 bits per heavy atom. The lowest BCUT2D eigenvalue weighted by atomic mass is 10.1. The van der Waals surface area contributed by atoms with E-state index >= 15 is 0 Å². The van der Waals surface area contributed by atoms with Crippen LogP contribution in [0.15, 0.2) is 4.99 Å². The first kappa shape index (κ1) is 23.2. The zero-order valence-corrected chi connectivity index (χ0v) is 17.5. The fourth-order valence-electron chi connectivity index (χ4n) is 3.41. The number of halogens is 3. The minimum atomic E-state index is -5.25. The monoisotopic (exact) mass is 428 g/mol. The number of nitrogens with one attached hydrogen (secondary N) is 2. The van der Waals surface area contributed by atoms with E-state index < -0.39 is 15.5 Å². The maximum absolute atomic E-state index is 12.6. The standard InChI is InChI=1S/C16H31F3N6O2S/c1-13(24-10-8-23(3)9-11-24)12-21-15(20-2)22-14-4-6-25(7-5-14)28(26,27)16(17,18)19/h13-14H,4-12H2,1-3H3,(H2,20,21,22). The van der Waals surface area contributed by atoms with Gasteiger partial charge in [-0.15, -0.1) is 0 Å². The molecule has 2 aliphatic rings. The van der Waals surface area contributed by atoms with Crippen LogP contribution in [0, 0.1) is 0 Å². The van der Waals surface area contributed by atoms with E-state index in [0.29, 0.717) is 35.7 Å². The summed E-state index contributed by atoms with van der Waals surface area (Å²) in [5, 5.41) is 6.45. The summed E-state index contributed by atoms with van der Waals surface area (Å²) in [7, 11) is -1.50. The smallest absolute Gasteiger partial charge is 0.355 e. The molecule has 2 N–H and O–H groups in total. The molecule has 2 aliphatic heterocycles. The van der Waals surface area contributed by atoms with Gasteiger partial charge in [-0.25, -0.2) is 8.42 Å². The van der Waals surface area contributed by atoms with E-state index in [-0.39, 0.29) is 19.1 Å². The number of hydrogen-bond acceptors (Lipinski definition) is 5. The van der Waals surface area contributed by atoms with Gasteiger partial charge in [0.05, 0.1) is 0 Å². The zero-order valence-electron chi connectivity index (χ0n) is 16.7. The van der Waals surface area contributed by atoms with Gasteiger partial charge >= 0.3 is 15.5 Å². The molecule has 0 aromatic heterocycles. The van der Waals surface area contributed by atoms with Gasteiger partial charge in [-0.1, -0.05) is 0 Å². The van der Waals surface area contributed by atoms with E-state index in [2.05, 4.69) is 39.4 Å². The van der Waals surface area contributed by atoms with Crippen LogP contribution in [0.1, 0.15) is 19.8 Å². The second kappa shape index (κ2) is 9.59. The first-order valence-corrected chi connectivity index (χ1v) is 10.9. The summed E-state index contributed by atoms with van der Waals surface area (Å²) in [6.45, 7) is 6.63. The number of sulfonamides is 1. The van der Waals surface area contributed by atoms with Crippen molar-refractivity contribution >= 4 is 16.0 Å². The topological polar surface area (TPSA) is 80.3 Å². The van der Waals surface area contributed by atoms with Gasteiger partial charge in [0.2, 0.25) is 0 Å². The number of hydrogen-bond donors (Lipinski definition) is 2. The highest BCUT2D eigenvalue weighted by molar-refractivity contribution is 7.90. The first-order chi connectivity index (χ1) is 13.0. The summed E-state index contributed by atoms with van der Waals surface area (Å²) >= 11 is 0. The SMILES string of the molecule is CN=C(NCC(C)N1CCN(C)CC1)NC1CCN(S(=O)(=O)C(F)(F)F)CC1. The van der Waals surface area contributed by atoms with Gasteiger partial charge in [-0.3, -0.25) is 9.89 Å². The molecule has 28 heavy (non-hydrogen) atoms. The predicted octanol–water partition coefficient (Wildman–Crippen LogP) is 0.101. The fraction of sp³-hybridized carbons (Fsp3) is 0.938. The van der Waals surface area contributed by atoms with E-state index in [1.165, 1.54) is 0 Å². The second-order valence-electron chi connectivity index (χ2n) is 7.41. The summed E-state index contributed by atoms with van der Waals surface area (Å²) in [6.07, 6.45) is 0.591. The van der Waals surface area contributed by atoms with Crippen molar-refractivity contribution in [3.05, 3.63) is 0 Å². The predicted molar refractivity (Wildman–Crippen MR) is 103 cm³/mol. The van der Waals surface area contributed by atoms with Crippen molar-refractivity contribution in [2.45, 2.75) is 37.4 Å². The zero-order chi connectivity index (χ0) is 20.9. The molecule has 2 fully saturated rings. The van der Waals surface area contributed by atoms with Crippen LogP contribution in [0.3, 0.4) is 0 Å². The number of piperazine rings is 1. The molecule has 1 atom stereocenters. The molecule has 2 rings (SSSR count). The van der Waals surface area contributed by atoms with Gasteiger partial charge in [-0.2, -0.15) is 17.5 Å². The van der Waals surface area contributed by atoms with Gasteiger partial charge < -0.3 is 15.5 Å². The summed E-state index contributed by atoms with van der Waals surface area (Å²) in [5.41, 5.74) is -5.25. The number of nitrogens with zero attached hydrogens (tertiary/aromatic N) is 4. The largest absolute Gasteiger partial charge is 0.511 e. The maximum atomic E-state index is 12.6. The van der Waals surface area contributed by atoms with Gasteiger partial charge in [-0.05, 0) is 26.8 Å². The third kappa shape index (κ3) is 5.94. The second-order valence-corrected chi connectivity index (χ2v) is 9.34. The van der Waals surface area contributed by atoms with Crippen LogP contribution in [-0.4, -0.2) is 106 Å². The van der Waals surface area contributed by atoms with Crippen molar-refractivity contribution in [1.29, 1.82) is 0 Å². The molecule has 12 heteroatoms. The van der Waals surface area contributed by atoms with Crippen LogP contribution in [0.5, 0.6) is 0 Å². The third-order valence-corrected chi connectivity index (χ3v) is 7.01. The molecule has 0 saturated carbocycles. The lowest BCUT2D eigenvalue weighted by Crippen LogP contribution is -2.54. The Bertz CT molecular complexity index is 627. The van der Waals surface area contributed by atoms with Crippen LogP contribution in [0.4, 0.5) is 13.2 Å². The normalized spacial score (nSPS) is 23.6. The fourth-order valence-corrected chi connectivity index (χ4v) is 4.40. The van der Waals surface area contributed by atoms with E-state index in [1.807, 2.05) is 0 Å². The highest BCUT2D eigenvalue weighted by Gasteiger charge is 2.50. The number of rotatable bonds is 5. The molecule has 0 amide bonds. The molecule has 164 valence electrons. The van der Waals surface area contributed by atoms with Crippen molar-refractivity contribution in [2.75, 3.05) is 59.9 Å². The van der Waals surface area contributed by atoms with E-state index in [0.717, 1.165) is 26.2 Å². The van der Waals surface area contributed by atoms with Gasteiger partial charge in [0.1, 0.15) is 0 Å². The molecule has 8 nitrogen and oxygen atoms in total. The van der Waals surface area contributed by atoms with Crippen molar-refractivity contribution in [3.63, 3.8) is 0 Å². The molecule has 1 unspecified atom stereocenters. The Labute approximate surface area is 165 Å². The Morgan fingerprint density at radius 3 is 2.21 bits per heavy atom. The van der Waals surface area contributed by atoms with E-state index in [1.54, 1.807) is 7.05 Å². The molecule has 0 aliphatic carbocycles. The first-order valence-electron chi connectivity index (χ1n) is 9.50. The van der Waals surface area contributed by atoms with Crippen LogP contribution >= 0.6 is 0 Å². The van der Waals surface area contributed by atoms with Crippen molar-refractivity contribution < 1.29 is 21.6 Å². The number of likely N-dealkylation sites (N-methyl/N-ethyl adjacent to an activating group) is 1. The van der Waals surface area contributed by atoms with Crippen LogP contribution in [-0.2, 0) is 10.0 Å². The van der Waals surface area contributed by atoms with Crippen molar-refractivity contribution in [2.24, 2.45) is 4.99 Å². The molecule has 0 aromatic carbocycles. The number of alkyl halides is 3. The lowest BCUT2D eigenvalue weighted by molar-refractivity contribution is -0.0494. The Hall–Kier alpha value is -1.11. The highest BCUT2D eigenvalue weighted by Crippen LogP contribution is 2.28. The van der Waals surface area contributed by atoms with Gasteiger partial charge in [0.15, 0.2) is 5.96 Å². The van der Waals surface area contributed by atoms with Crippen LogP contribution < -0.4 is 10.6 Å². The van der Waals surface area contributed by atoms with Crippen LogP contribution in [0.25, 0.3) is 0 Å². The molecule has 0 aromatic rings. The summed E-state index contributed by atoms with van der Waals surface area (Å²) < 4.78 is 61.4. The maximum Gasteiger partial charge on any atom is 0.511 e. The van der Waals surface area contributed by atoms with E-state index in [9.17, 15) is 21.6 Å². The molecule has 2 saturated heterocycles. The molecule has 0 bridgehead atoms. The minimum Gasteiger partial charge on any atom is -0.355 e. The Morgan fingerprint density at radius 1 is 1.14 bits per heavy atom. The number of guanidine groups is 1. The van der Waals surface area contributed by atoms with Crippen molar-refractivity contribution in [3.8, 4) is 0 Å². The third-order valence-electron chi connectivity index (χ3n) is 5.38. The molecule has 0 radical (unpaired) electrons. The summed E-state index contributed by atoms with van der Waals surface area (Å²) in [5.74, 6) is 0.582. The molecule has 2 heterocycles. The Balaban J connectivity index is 1.77. The number of aliphatic imine (C=N–C) groups is 1. The quantitative estimate of drug-likeness (QED) is 0.478. The molecular weight excluding hydrogens is 397 g/mol. The van der Waals surface area contributed by atoms with Gasteiger partial charge in [0, 0.05) is 64.9 Å². The average Bonchev–Trinajstić information content (AvgIpc) is 2.65. The lowest BCUT2D eigenvalue weighted by Gasteiger charge is -2.37. The highest BCUT2D eigenvalue weighted by atomic mass is 32.2. The number of piperidine rings is 1. The minimum absolute atomic E-state index is 0.121. The molecule has 0 spiro atoms. The summed E-state index contributed by atoms with van der Waals surface area (Å²) in [4.78, 5) is 8.87. The van der Waals surface area contributed by atoms with Crippen molar-refractivity contribution in [1.82, 2.24) is 24.7 Å². The van der Waals surface area contributed by atoms with Gasteiger partial charge in [0.25, 0.3) is 0 Å². The molecular formula is C16H31F3N6O2S. The summed E-state index contributed by atoms with van der Waals surface area (Å²) in [6, 6.07) is 0.204. The average molecular weight is 429 g/mol.